The Morgan fingerprint density at radius 1 is 1.62 bits per heavy atom. The fraction of sp³-hybridized carbons (Fsp3) is 0.750. The molecule has 0 amide bonds. The van der Waals surface area contributed by atoms with Crippen LogP contribution in [-0.2, 0) is 6.54 Å². The molecule has 0 radical (unpaired) electrons. The highest BCUT2D eigenvalue weighted by atomic mass is 16.3. The van der Waals surface area contributed by atoms with Crippen molar-refractivity contribution in [1.82, 2.24) is 14.8 Å². The highest BCUT2D eigenvalue weighted by Crippen LogP contribution is 2.30. The molecule has 1 aliphatic rings. The van der Waals surface area contributed by atoms with Crippen molar-refractivity contribution in [3.8, 4) is 0 Å². The predicted octanol–water partition coefficient (Wildman–Crippen LogP) is -0.124. The van der Waals surface area contributed by atoms with Gasteiger partial charge in [-0.3, -0.25) is 4.57 Å². The first kappa shape index (κ1) is 8.50. The number of aromatic amines is 1. The molecule has 72 valence electrons. The predicted molar refractivity (Wildman–Crippen MR) is 46.3 cm³/mol. The number of H-pyrrole nitrogens is 1. The summed E-state index contributed by atoms with van der Waals surface area (Å²) in [5, 5.41) is 15.9. The van der Waals surface area contributed by atoms with Gasteiger partial charge in [-0.25, -0.2) is 9.89 Å². The van der Waals surface area contributed by atoms with E-state index < -0.39 is 5.60 Å². The minimum absolute atomic E-state index is 0.250. The molecule has 1 saturated carbocycles. The molecule has 0 aliphatic heterocycles. The molecule has 0 unspecified atom stereocenters. The first-order chi connectivity index (χ1) is 6.20. The Labute approximate surface area is 75.4 Å². The van der Waals surface area contributed by atoms with Crippen molar-refractivity contribution in [2.45, 2.75) is 37.8 Å². The van der Waals surface area contributed by atoms with Crippen molar-refractivity contribution in [3.05, 3.63) is 16.8 Å². The molecule has 5 heteroatoms. The first-order valence-electron chi connectivity index (χ1n) is 4.52. The molecular formula is C8H13N3O2. The molecule has 1 aliphatic carbocycles. The molecule has 2 rings (SSSR count). The SMILES string of the molecule is O=c1[nH]ncn1CC1(O)CCCC1. The van der Waals surface area contributed by atoms with E-state index in [0.29, 0.717) is 6.54 Å². The highest BCUT2D eigenvalue weighted by molar-refractivity contribution is 4.85. The molecule has 0 spiro atoms. The van der Waals surface area contributed by atoms with Crippen LogP contribution in [0.25, 0.3) is 0 Å². The summed E-state index contributed by atoms with van der Waals surface area (Å²) in [7, 11) is 0. The second kappa shape index (κ2) is 2.99. The van der Waals surface area contributed by atoms with Crippen molar-refractivity contribution in [2.75, 3.05) is 0 Å². The van der Waals surface area contributed by atoms with Crippen LogP contribution in [0.15, 0.2) is 11.1 Å². The van der Waals surface area contributed by atoms with Gasteiger partial charge in [0.05, 0.1) is 12.1 Å². The Hall–Kier alpha value is -1.10. The van der Waals surface area contributed by atoms with Crippen molar-refractivity contribution in [1.29, 1.82) is 0 Å². The largest absolute Gasteiger partial charge is 0.388 e. The molecule has 0 atom stereocenters. The third kappa shape index (κ3) is 1.65. The number of nitrogens with one attached hydrogen (secondary N) is 1. The van der Waals surface area contributed by atoms with Crippen LogP contribution >= 0.6 is 0 Å². The Morgan fingerprint density at radius 3 is 2.85 bits per heavy atom. The average molecular weight is 183 g/mol. The van der Waals surface area contributed by atoms with Crippen molar-refractivity contribution >= 4 is 0 Å². The summed E-state index contributed by atoms with van der Waals surface area (Å²) >= 11 is 0. The van der Waals surface area contributed by atoms with Crippen molar-refractivity contribution < 1.29 is 5.11 Å². The fourth-order valence-corrected chi connectivity index (χ4v) is 1.89. The van der Waals surface area contributed by atoms with Crippen LogP contribution in [0.5, 0.6) is 0 Å². The number of hydrogen-bond donors (Lipinski definition) is 2. The zero-order chi connectivity index (χ0) is 9.31. The molecule has 1 aromatic heterocycles. The highest BCUT2D eigenvalue weighted by Gasteiger charge is 2.31. The van der Waals surface area contributed by atoms with Gasteiger partial charge in [0.15, 0.2) is 0 Å². The van der Waals surface area contributed by atoms with Gasteiger partial charge in [-0.2, -0.15) is 5.10 Å². The maximum Gasteiger partial charge on any atom is 0.343 e. The van der Waals surface area contributed by atoms with E-state index in [1.54, 1.807) is 0 Å². The van der Waals surface area contributed by atoms with Gasteiger partial charge in [0, 0.05) is 0 Å². The van der Waals surface area contributed by atoms with Gasteiger partial charge < -0.3 is 5.11 Å². The second-order valence-electron chi connectivity index (χ2n) is 3.72. The third-order valence-corrected chi connectivity index (χ3v) is 2.62. The van der Waals surface area contributed by atoms with Crippen LogP contribution in [-0.4, -0.2) is 25.5 Å². The number of rotatable bonds is 2. The van der Waals surface area contributed by atoms with E-state index in [1.165, 1.54) is 10.9 Å². The van der Waals surface area contributed by atoms with Crippen LogP contribution in [0.2, 0.25) is 0 Å². The number of nitrogens with zero attached hydrogens (tertiary/aromatic N) is 2. The summed E-state index contributed by atoms with van der Waals surface area (Å²) < 4.78 is 1.42. The maximum absolute atomic E-state index is 11.1. The maximum atomic E-state index is 11.1. The quantitative estimate of drug-likeness (QED) is 0.671. The van der Waals surface area contributed by atoms with E-state index in [0.717, 1.165) is 25.7 Å². The lowest BCUT2D eigenvalue weighted by Crippen LogP contribution is -2.34. The van der Waals surface area contributed by atoms with E-state index in [-0.39, 0.29) is 5.69 Å². The summed E-state index contributed by atoms with van der Waals surface area (Å²) in [6.45, 7) is 0.363. The van der Waals surface area contributed by atoms with Crippen LogP contribution in [0, 0.1) is 0 Å². The molecule has 13 heavy (non-hydrogen) atoms. The Morgan fingerprint density at radius 2 is 2.31 bits per heavy atom. The minimum Gasteiger partial charge on any atom is -0.388 e. The van der Waals surface area contributed by atoms with Crippen molar-refractivity contribution in [3.63, 3.8) is 0 Å². The molecule has 1 fully saturated rings. The van der Waals surface area contributed by atoms with Crippen LogP contribution in [0.3, 0.4) is 0 Å². The lowest BCUT2D eigenvalue weighted by Gasteiger charge is -2.21. The Balaban J connectivity index is 2.13. The summed E-state index contributed by atoms with van der Waals surface area (Å²) in [5.74, 6) is 0. The van der Waals surface area contributed by atoms with Crippen LogP contribution in [0.1, 0.15) is 25.7 Å². The van der Waals surface area contributed by atoms with E-state index in [4.69, 9.17) is 0 Å². The van der Waals surface area contributed by atoms with Gasteiger partial charge in [-0.1, -0.05) is 12.8 Å². The zero-order valence-corrected chi connectivity index (χ0v) is 7.36. The third-order valence-electron chi connectivity index (χ3n) is 2.62. The molecule has 0 saturated heterocycles. The van der Waals surface area contributed by atoms with E-state index in [1.807, 2.05) is 0 Å². The van der Waals surface area contributed by atoms with E-state index in [9.17, 15) is 9.90 Å². The summed E-state index contributed by atoms with van der Waals surface area (Å²) in [5.41, 5.74) is -0.937. The van der Waals surface area contributed by atoms with Crippen molar-refractivity contribution in [2.24, 2.45) is 0 Å². The molecule has 2 N–H and O–H groups in total. The topological polar surface area (TPSA) is 70.9 Å². The van der Waals surface area contributed by atoms with Gasteiger partial charge in [-0.05, 0) is 12.8 Å². The summed E-state index contributed by atoms with van der Waals surface area (Å²) in [6.07, 6.45) is 5.08. The summed E-state index contributed by atoms with van der Waals surface area (Å²) in [4.78, 5) is 11.1. The number of aromatic nitrogens is 3. The molecule has 1 heterocycles. The summed E-state index contributed by atoms with van der Waals surface area (Å²) in [6, 6.07) is 0. The van der Waals surface area contributed by atoms with E-state index >= 15 is 0 Å². The fourth-order valence-electron chi connectivity index (χ4n) is 1.89. The van der Waals surface area contributed by atoms with Crippen LogP contribution in [0.4, 0.5) is 0 Å². The lowest BCUT2D eigenvalue weighted by molar-refractivity contribution is 0.0290. The smallest absolute Gasteiger partial charge is 0.343 e. The zero-order valence-electron chi connectivity index (χ0n) is 7.36. The molecular weight excluding hydrogens is 170 g/mol. The molecule has 0 aromatic carbocycles. The average Bonchev–Trinajstić information content (AvgIpc) is 2.64. The molecule has 5 nitrogen and oxygen atoms in total. The molecule has 1 aromatic rings. The van der Waals surface area contributed by atoms with Gasteiger partial charge in [0.1, 0.15) is 6.33 Å². The Bertz CT molecular complexity index is 335. The monoisotopic (exact) mass is 183 g/mol. The Kier molecular flexibility index (Phi) is 1.95. The van der Waals surface area contributed by atoms with Gasteiger partial charge >= 0.3 is 5.69 Å². The standard InChI is InChI=1S/C8H13N3O2/c12-7-10-9-6-11(7)5-8(13)3-1-2-4-8/h6,13H,1-5H2,(H,10,12). The number of hydrogen-bond acceptors (Lipinski definition) is 3. The number of aliphatic hydroxyl groups is 1. The van der Waals surface area contributed by atoms with Crippen LogP contribution < -0.4 is 5.69 Å². The van der Waals surface area contributed by atoms with Gasteiger partial charge in [-0.15, -0.1) is 0 Å². The second-order valence-corrected chi connectivity index (χ2v) is 3.72. The minimum atomic E-state index is -0.687. The van der Waals surface area contributed by atoms with E-state index in [2.05, 4.69) is 10.2 Å². The normalized spacial score (nSPS) is 20.7. The lowest BCUT2D eigenvalue weighted by atomic mass is 10.0. The van der Waals surface area contributed by atoms with Gasteiger partial charge in [0.2, 0.25) is 0 Å². The molecule has 0 bridgehead atoms. The first-order valence-corrected chi connectivity index (χ1v) is 4.52. The van der Waals surface area contributed by atoms with Gasteiger partial charge in [0.25, 0.3) is 0 Å².